The van der Waals surface area contributed by atoms with Gasteiger partial charge in [0.2, 0.25) is 5.82 Å². The number of rotatable bonds is 1. The van der Waals surface area contributed by atoms with E-state index < -0.39 is 17.3 Å². The SMILES string of the molecule is N#Cc1cc(F)c(-n2ccnc2C#N)c(F)c1. The van der Waals surface area contributed by atoms with E-state index in [1.807, 2.05) is 0 Å². The minimum absolute atomic E-state index is 0.123. The van der Waals surface area contributed by atoms with Crippen LogP contribution in [0.15, 0.2) is 24.5 Å². The van der Waals surface area contributed by atoms with Crippen LogP contribution in [0.4, 0.5) is 8.78 Å². The Hall–Kier alpha value is -2.73. The van der Waals surface area contributed by atoms with Crippen molar-refractivity contribution < 1.29 is 8.78 Å². The van der Waals surface area contributed by atoms with Crippen LogP contribution >= 0.6 is 0 Å². The van der Waals surface area contributed by atoms with Crippen molar-refractivity contribution in [2.24, 2.45) is 0 Å². The fourth-order valence-electron chi connectivity index (χ4n) is 1.43. The number of hydrogen-bond donors (Lipinski definition) is 0. The molecule has 0 aliphatic rings. The fourth-order valence-corrected chi connectivity index (χ4v) is 1.43. The van der Waals surface area contributed by atoms with Crippen LogP contribution < -0.4 is 0 Å². The third-order valence-electron chi connectivity index (χ3n) is 2.13. The smallest absolute Gasteiger partial charge is 0.217 e. The highest BCUT2D eigenvalue weighted by atomic mass is 19.1. The molecule has 0 fully saturated rings. The average Bonchev–Trinajstić information content (AvgIpc) is 2.76. The molecule has 2 aromatic rings. The van der Waals surface area contributed by atoms with Crippen LogP contribution in [0.5, 0.6) is 0 Å². The number of benzene rings is 1. The minimum atomic E-state index is -0.920. The Morgan fingerprint density at radius 3 is 2.29 bits per heavy atom. The van der Waals surface area contributed by atoms with E-state index >= 15 is 0 Å². The lowest BCUT2D eigenvalue weighted by atomic mass is 10.2. The van der Waals surface area contributed by atoms with Gasteiger partial charge in [0.15, 0.2) is 11.6 Å². The topological polar surface area (TPSA) is 65.4 Å². The quantitative estimate of drug-likeness (QED) is 0.751. The summed E-state index contributed by atoms with van der Waals surface area (Å²) in [6, 6.07) is 5.16. The molecular weight excluding hydrogens is 226 g/mol. The first kappa shape index (κ1) is 10.8. The monoisotopic (exact) mass is 230 g/mol. The highest BCUT2D eigenvalue weighted by molar-refractivity contribution is 5.44. The average molecular weight is 230 g/mol. The highest BCUT2D eigenvalue weighted by Crippen LogP contribution is 2.20. The van der Waals surface area contributed by atoms with Crippen molar-refractivity contribution in [2.45, 2.75) is 0 Å². The van der Waals surface area contributed by atoms with Gasteiger partial charge in [-0.1, -0.05) is 0 Å². The first-order chi connectivity index (χ1) is 8.17. The Labute approximate surface area is 95.0 Å². The zero-order valence-electron chi connectivity index (χ0n) is 8.35. The van der Waals surface area contributed by atoms with Crippen LogP contribution in [-0.2, 0) is 0 Å². The van der Waals surface area contributed by atoms with E-state index in [0.717, 1.165) is 16.7 Å². The zero-order chi connectivity index (χ0) is 12.4. The molecule has 0 radical (unpaired) electrons. The summed E-state index contributed by atoms with van der Waals surface area (Å²) < 4.78 is 28.2. The van der Waals surface area contributed by atoms with Gasteiger partial charge in [-0.25, -0.2) is 13.8 Å². The zero-order valence-corrected chi connectivity index (χ0v) is 8.35. The van der Waals surface area contributed by atoms with E-state index in [0.29, 0.717) is 0 Å². The first-order valence-corrected chi connectivity index (χ1v) is 4.50. The van der Waals surface area contributed by atoms with Crippen molar-refractivity contribution in [3.05, 3.63) is 47.5 Å². The molecule has 1 heterocycles. The molecule has 0 atom stereocenters. The highest BCUT2D eigenvalue weighted by Gasteiger charge is 2.15. The third kappa shape index (κ3) is 1.72. The van der Waals surface area contributed by atoms with Crippen LogP contribution in [0.25, 0.3) is 5.69 Å². The molecule has 0 saturated carbocycles. The number of imidazole rings is 1. The Morgan fingerprint density at radius 1 is 1.12 bits per heavy atom. The van der Waals surface area contributed by atoms with Gasteiger partial charge in [0.05, 0.1) is 11.6 Å². The lowest BCUT2D eigenvalue weighted by Gasteiger charge is -2.06. The summed E-state index contributed by atoms with van der Waals surface area (Å²) in [6.07, 6.45) is 2.53. The van der Waals surface area contributed by atoms with E-state index in [4.69, 9.17) is 10.5 Å². The molecule has 0 saturated heterocycles. The Morgan fingerprint density at radius 2 is 1.76 bits per heavy atom. The molecule has 0 aliphatic carbocycles. The molecule has 0 unspecified atom stereocenters. The van der Waals surface area contributed by atoms with Crippen molar-refractivity contribution in [1.29, 1.82) is 10.5 Å². The number of nitriles is 2. The predicted molar refractivity (Wildman–Crippen MR) is 52.9 cm³/mol. The molecule has 0 N–H and O–H groups in total. The molecule has 2 rings (SSSR count). The van der Waals surface area contributed by atoms with Crippen LogP contribution in [-0.4, -0.2) is 9.55 Å². The molecule has 0 amide bonds. The normalized spacial score (nSPS) is 9.65. The summed E-state index contributed by atoms with van der Waals surface area (Å²) in [6.45, 7) is 0. The van der Waals surface area contributed by atoms with Crippen LogP contribution in [0.3, 0.4) is 0 Å². The molecule has 0 spiro atoms. The number of hydrogen-bond acceptors (Lipinski definition) is 3. The first-order valence-electron chi connectivity index (χ1n) is 4.50. The van der Waals surface area contributed by atoms with Crippen LogP contribution in [0.2, 0.25) is 0 Å². The van der Waals surface area contributed by atoms with Gasteiger partial charge in [-0.3, -0.25) is 4.57 Å². The summed E-state index contributed by atoms with van der Waals surface area (Å²) in [5.74, 6) is -1.97. The minimum Gasteiger partial charge on any atom is -0.286 e. The molecule has 6 heteroatoms. The maximum Gasteiger partial charge on any atom is 0.217 e. The Balaban J connectivity index is 2.70. The summed E-state index contributed by atoms with van der Waals surface area (Å²) in [5, 5.41) is 17.3. The lowest BCUT2D eigenvalue weighted by Crippen LogP contribution is -2.04. The molecule has 0 aliphatic heterocycles. The van der Waals surface area contributed by atoms with Gasteiger partial charge in [0.25, 0.3) is 0 Å². The second-order valence-electron chi connectivity index (χ2n) is 3.13. The van der Waals surface area contributed by atoms with E-state index in [2.05, 4.69) is 4.98 Å². The maximum atomic E-state index is 13.6. The van der Waals surface area contributed by atoms with E-state index in [1.165, 1.54) is 12.4 Å². The number of aromatic nitrogens is 2. The van der Waals surface area contributed by atoms with E-state index in [1.54, 1.807) is 12.1 Å². The summed E-state index contributed by atoms with van der Waals surface area (Å²) in [7, 11) is 0. The van der Waals surface area contributed by atoms with Gasteiger partial charge < -0.3 is 0 Å². The van der Waals surface area contributed by atoms with Crippen molar-refractivity contribution in [3.63, 3.8) is 0 Å². The largest absolute Gasteiger partial charge is 0.286 e. The maximum absolute atomic E-state index is 13.6. The van der Waals surface area contributed by atoms with Crippen LogP contribution in [0, 0.1) is 34.3 Å². The van der Waals surface area contributed by atoms with Gasteiger partial charge in [-0.05, 0) is 12.1 Å². The molecule has 82 valence electrons. The molecule has 1 aromatic carbocycles. The van der Waals surface area contributed by atoms with Crippen molar-refractivity contribution >= 4 is 0 Å². The van der Waals surface area contributed by atoms with Gasteiger partial charge >= 0.3 is 0 Å². The predicted octanol–water partition coefficient (Wildman–Crippen LogP) is 1.89. The molecule has 4 nitrogen and oxygen atoms in total. The van der Waals surface area contributed by atoms with Gasteiger partial charge in [-0.2, -0.15) is 10.5 Å². The lowest BCUT2D eigenvalue weighted by molar-refractivity contribution is 0.567. The summed E-state index contributed by atoms with van der Waals surface area (Å²) >= 11 is 0. The molecule has 17 heavy (non-hydrogen) atoms. The number of nitrogens with zero attached hydrogens (tertiary/aromatic N) is 4. The fraction of sp³-hybridized carbons (Fsp3) is 0. The Kier molecular flexibility index (Phi) is 2.55. The van der Waals surface area contributed by atoms with Crippen molar-refractivity contribution in [2.75, 3.05) is 0 Å². The number of halogens is 2. The standard InChI is InChI=1S/C11H4F2N4/c12-8-3-7(5-14)4-9(13)11(8)17-2-1-16-10(17)6-15/h1-4H. The van der Waals surface area contributed by atoms with Crippen molar-refractivity contribution in [1.82, 2.24) is 9.55 Å². The Bertz CT molecular complexity index is 638. The third-order valence-corrected chi connectivity index (χ3v) is 2.13. The molecule has 1 aromatic heterocycles. The van der Waals surface area contributed by atoms with Gasteiger partial charge in [0, 0.05) is 12.4 Å². The van der Waals surface area contributed by atoms with Gasteiger partial charge in [0.1, 0.15) is 11.8 Å². The van der Waals surface area contributed by atoms with E-state index in [-0.39, 0.29) is 11.4 Å². The second-order valence-corrected chi connectivity index (χ2v) is 3.13. The summed E-state index contributed by atoms with van der Waals surface area (Å²) in [4.78, 5) is 3.64. The van der Waals surface area contributed by atoms with E-state index in [9.17, 15) is 8.78 Å². The summed E-state index contributed by atoms with van der Waals surface area (Å²) in [5.41, 5.74) is -0.541. The molecular formula is C11H4F2N4. The van der Waals surface area contributed by atoms with Crippen LogP contribution in [0.1, 0.15) is 11.4 Å². The molecule has 0 bridgehead atoms. The second kappa shape index (κ2) is 4.03. The van der Waals surface area contributed by atoms with Gasteiger partial charge in [-0.15, -0.1) is 0 Å². The van der Waals surface area contributed by atoms with Crippen molar-refractivity contribution in [3.8, 4) is 17.8 Å².